The first-order chi connectivity index (χ1) is 20.0. The lowest BCUT2D eigenvalue weighted by Crippen LogP contribution is -2.60. The van der Waals surface area contributed by atoms with Crippen LogP contribution in [0, 0.1) is 19.8 Å². The first-order valence-electron chi connectivity index (χ1n) is 14.9. The molecule has 2 aliphatic rings. The van der Waals surface area contributed by atoms with E-state index in [0.29, 0.717) is 31.6 Å². The van der Waals surface area contributed by atoms with Gasteiger partial charge in [0, 0.05) is 25.7 Å². The number of nitrogens with zero attached hydrogens (tertiary/aromatic N) is 2. The molecule has 4 amide bonds. The van der Waals surface area contributed by atoms with Gasteiger partial charge >= 0.3 is 0 Å². The molecule has 1 aliphatic carbocycles. The summed E-state index contributed by atoms with van der Waals surface area (Å²) in [5, 5.41) is 16.3. The number of fused-ring (bicyclic) bond motifs is 1. The minimum absolute atomic E-state index is 0.0278. The Balaban J connectivity index is 1.57. The number of carbonyl (C=O) groups excluding carboxylic acids is 4. The first-order valence-corrected chi connectivity index (χ1v) is 14.9. The van der Waals surface area contributed by atoms with Crippen LogP contribution in [-0.2, 0) is 27.9 Å². The molecule has 1 aromatic carbocycles. The molecule has 4 rings (SSSR count). The van der Waals surface area contributed by atoms with Gasteiger partial charge in [-0.15, -0.1) is 0 Å². The van der Waals surface area contributed by atoms with Gasteiger partial charge in [0.2, 0.25) is 17.7 Å². The van der Waals surface area contributed by atoms with Crippen molar-refractivity contribution in [3.63, 3.8) is 0 Å². The van der Waals surface area contributed by atoms with Crippen LogP contribution >= 0.6 is 0 Å². The summed E-state index contributed by atoms with van der Waals surface area (Å²) >= 11 is 0. The summed E-state index contributed by atoms with van der Waals surface area (Å²) in [5.41, 5.74) is 2.28. The lowest BCUT2D eigenvalue weighted by Gasteiger charge is -2.32. The molecule has 0 saturated heterocycles. The second-order valence-corrected chi connectivity index (χ2v) is 11.8. The molecule has 1 saturated carbocycles. The summed E-state index contributed by atoms with van der Waals surface area (Å²) in [7, 11) is 1.88. The molecule has 1 fully saturated rings. The van der Waals surface area contributed by atoms with E-state index in [4.69, 9.17) is 4.74 Å². The van der Waals surface area contributed by atoms with Gasteiger partial charge in [-0.1, -0.05) is 38.8 Å². The zero-order valence-corrected chi connectivity index (χ0v) is 25.3. The highest BCUT2D eigenvalue weighted by Gasteiger charge is 2.43. The number of nitrogens with one attached hydrogen (secondary N) is 4. The van der Waals surface area contributed by atoms with Gasteiger partial charge in [-0.3, -0.25) is 23.9 Å². The predicted octanol–water partition coefficient (Wildman–Crippen LogP) is 2.24. The third kappa shape index (κ3) is 7.11. The summed E-state index contributed by atoms with van der Waals surface area (Å²) in [4.78, 5) is 53.6. The molecule has 1 aromatic heterocycles. The van der Waals surface area contributed by atoms with Gasteiger partial charge in [0.1, 0.15) is 23.9 Å². The van der Waals surface area contributed by atoms with Crippen molar-refractivity contribution in [3.8, 4) is 5.75 Å². The van der Waals surface area contributed by atoms with Crippen LogP contribution in [-0.4, -0.2) is 64.2 Å². The van der Waals surface area contributed by atoms with Crippen molar-refractivity contribution < 1.29 is 23.9 Å². The Kier molecular flexibility index (Phi) is 9.90. The van der Waals surface area contributed by atoms with Gasteiger partial charge in [-0.05, 0) is 63.1 Å². The van der Waals surface area contributed by atoms with E-state index in [0.717, 1.165) is 29.8 Å². The minimum atomic E-state index is -0.997. The first kappa shape index (κ1) is 31.1. The fraction of sp³-hybridized carbons (Fsp3) is 0.581. The monoisotopic (exact) mass is 580 g/mol. The van der Waals surface area contributed by atoms with E-state index in [2.05, 4.69) is 26.4 Å². The van der Waals surface area contributed by atoms with Crippen LogP contribution in [0.15, 0.2) is 24.3 Å². The zero-order valence-electron chi connectivity index (χ0n) is 25.3. The summed E-state index contributed by atoms with van der Waals surface area (Å²) < 4.78 is 7.90. The van der Waals surface area contributed by atoms with Gasteiger partial charge < -0.3 is 26.0 Å². The van der Waals surface area contributed by atoms with Crippen molar-refractivity contribution in [2.45, 2.75) is 90.3 Å². The maximum atomic E-state index is 13.6. The highest BCUT2D eigenvalue weighted by Crippen LogP contribution is 2.31. The number of carbonyl (C=O) groups is 4. The van der Waals surface area contributed by atoms with Crippen molar-refractivity contribution in [2.75, 3.05) is 13.2 Å². The van der Waals surface area contributed by atoms with Crippen molar-refractivity contribution in [3.05, 3.63) is 46.8 Å². The Bertz CT molecular complexity index is 1310. The SMILES string of the molecule is Cc1nn(C)c(C)c1CCNC(=O)[C@@H]1CCC(=O)NC2(CCCC2)C(=O)N[C@H](C(C)C)COc2ccccc2C(=O)N1. The lowest BCUT2D eigenvalue weighted by atomic mass is 9.94. The van der Waals surface area contributed by atoms with Crippen molar-refractivity contribution in [2.24, 2.45) is 13.0 Å². The number of hydrogen-bond acceptors (Lipinski definition) is 6. The normalized spacial score (nSPS) is 21.4. The van der Waals surface area contributed by atoms with E-state index < -0.39 is 17.5 Å². The van der Waals surface area contributed by atoms with E-state index in [-0.39, 0.29) is 54.7 Å². The number of para-hydroxylation sites is 1. The number of aryl methyl sites for hydroxylation is 2. The van der Waals surface area contributed by atoms with E-state index in [1.807, 2.05) is 39.4 Å². The highest BCUT2D eigenvalue weighted by atomic mass is 16.5. The van der Waals surface area contributed by atoms with Crippen molar-refractivity contribution in [1.29, 1.82) is 0 Å². The van der Waals surface area contributed by atoms with E-state index in [9.17, 15) is 19.2 Å². The number of amides is 4. The molecule has 0 radical (unpaired) electrons. The summed E-state index contributed by atoms with van der Waals surface area (Å²) in [6, 6.07) is 5.53. The Morgan fingerprint density at radius 2 is 1.86 bits per heavy atom. The number of aromatic nitrogens is 2. The number of benzene rings is 1. The third-order valence-electron chi connectivity index (χ3n) is 8.56. The summed E-state index contributed by atoms with van der Waals surface area (Å²) in [6.07, 6.45) is 3.40. The Morgan fingerprint density at radius 1 is 1.14 bits per heavy atom. The second kappa shape index (κ2) is 13.4. The van der Waals surface area contributed by atoms with E-state index >= 15 is 0 Å². The maximum absolute atomic E-state index is 13.6. The van der Waals surface area contributed by atoms with E-state index in [1.54, 1.807) is 24.3 Å². The van der Waals surface area contributed by atoms with Crippen LogP contribution in [0.5, 0.6) is 5.75 Å². The van der Waals surface area contributed by atoms with Crippen LogP contribution in [0.25, 0.3) is 0 Å². The number of rotatable bonds is 5. The van der Waals surface area contributed by atoms with Gasteiger partial charge in [-0.25, -0.2) is 0 Å². The van der Waals surface area contributed by atoms with Crippen molar-refractivity contribution in [1.82, 2.24) is 31.0 Å². The molecular formula is C31H44N6O5. The van der Waals surface area contributed by atoms with Gasteiger partial charge in [0.05, 0.1) is 17.3 Å². The molecule has 2 heterocycles. The largest absolute Gasteiger partial charge is 0.491 e. The van der Waals surface area contributed by atoms with Crippen LogP contribution < -0.4 is 26.0 Å². The van der Waals surface area contributed by atoms with Gasteiger partial charge in [0.25, 0.3) is 5.91 Å². The van der Waals surface area contributed by atoms with Crippen LogP contribution in [0.1, 0.15) is 79.7 Å². The molecule has 11 nitrogen and oxygen atoms in total. The quantitative estimate of drug-likeness (QED) is 0.427. The van der Waals surface area contributed by atoms with Gasteiger partial charge in [-0.2, -0.15) is 5.10 Å². The van der Waals surface area contributed by atoms with E-state index in [1.165, 1.54) is 0 Å². The Morgan fingerprint density at radius 3 is 2.52 bits per heavy atom. The van der Waals surface area contributed by atoms with Gasteiger partial charge in [0.15, 0.2) is 0 Å². The molecule has 1 spiro atoms. The smallest absolute Gasteiger partial charge is 0.255 e. The molecule has 0 unspecified atom stereocenters. The molecule has 2 atom stereocenters. The highest BCUT2D eigenvalue weighted by molar-refractivity contribution is 6.00. The average molecular weight is 581 g/mol. The topological polar surface area (TPSA) is 143 Å². The fourth-order valence-electron chi connectivity index (χ4n) is 5.78. The van der Waals surface area contributed by atoms with Crippen molar-refractivity contribution >= 4 is 23.6 Å². The molecular weight excluding hydrogens is 536 g/mol. The fourth-order valence-corrected chi connectivity index (χ4v) is 5.78. The molecule has 0 bridgehead atoms. The molecule has 2 aromatic rings. The molecule has 228 valence electrons. The van der Waals surface area contributed by atoms with Crippen LogP contribution in [0.4, 0.5) is 0 Å². The Hall–Kier alpha value is -3.89. The molecule has 1 aliphatic heterocycles. The third-order valence-corrected chi connectivity index (χ3v) is 8.56. The number of ether oxygens (including phenoxy) is 1. The van der Waals surface area contributed by atoms with Crippen LogP contribution in [0.3, 0.4) is 0 Å². The standard InChI is InChI=1S/C31H44N6O5/c1-19(2)25-18-42-26-11-7-6-10-23(26)28(39)33-24(29(40)32-17-14-22-20(3)36-37(5)21(22)4)12-13-27(38)35-31(30(41)34-25)15-8-9-16-31/h6-7,10-11,19,24-25H,8-9,12-18H2,1-5H3,(H,32,40)(H,33,39)(H,34,41)(H,35,38)/t24-,25-/m0/s1. The Labute approximate surface area is 247 Å². The predicted molar refractivity (Wildman–Crippen MR) is 158 cm³/mol. The second-order valence-electron chi connectivity index (χ2n) is 11.8. The molecule has 11 heteroatoms. The maximum Gasteiger partial charge on any atom is 0.255 e. The zero-order chi connectivity index (χ0) is 30.4. The summed E-state index contributed by atoms with van der Waals surface area (Å²) in [5.74, 6) is -0.997. The summed E-state index contributed by atoms with van der Waals surface area (Å²) in [6.45, 7) is 8.39. The van der Waals surface area contributed by atoms with Crippen LogP contribution in [0.2, 0.25) is 0 Å². The minimum Gasteiger partial charge on any atom is -0.491 e. The molecule has 4 N–H and O–H groups in total. The molecule has 42 heavy (non-hydrogen) atoms. The number of hydrogen-bond donors (Lipinski definition) is 4. The lowest BCUT2D eigenvalue weighted by molar-refractivity contribution is -0.134. The average Bonchev–Trinajstić information content (AvgIpc) is 3.52.